The van der Waals surface area contributed by atoms with Crippen LogP contribution >= 0.6 is 0 Å². The molecule has 3 rings (SSSR count). The summed E-state index contributed by atoms with van der Waals surface area (Å²) in [7, 11) is 0. The van der Waals surface area contributed by atoms with E-state index in [1.54, 1.807) is 47.4 Å². The van der Waals surface area contributed by atoms with Crippen molar-refractivity contribution in [3.63, 3.8) is 0 Å². The lowest BCUT2D eigenvalue weighted by molar-refractivity contribution is -0.384. The smallest absolute Gasteiger partial charge is 0.292 e. The van der Waals surface area contributed by atoms with Gasteiger partial charge in [0.1, 0.15) is 11.4 Å². The minimum Gasteiger partial charge on any atom is -0.508 e. The Morgan fingerprint density at radius 1 is 1.04 bits per heavy atom. The molecule has 2 aromatic carbocycles. The molecule has 0 radical (unpaired) electrons. The third kappa shape index (κ3) is 3.88. The maximum absolute atomic E-state index is 12.4. The molecule has 0 atom stereocenters. The molecular formula is C18H19N3O4. The van der Waals surface area contributed by atoms with Gasteiger partial charge in [-0.2, -0.15) is 0 Å². The lowest BCUT2D eigenvalue weighted by Crippen LogP contribution is -2.49. The van der Waals surface area contributed by atoms with E-state index in [4.69, 9.17) is 0 Å². The van der Waals surface area contributed by atoms with Gasteiger partial charge in [-0.3, -0.25) is 14.9 Å². The van der Waals surface area contributed by atoms with Gasteiger partial charge in [-0.05, 0) is 23.8 Å². The third-order valence-corrected chi connectivity index (χ3v) is 4.34. The van der Waals surface area contributed by atoms with Crippen molar-refractivity contribution < 1.29 is 14.8 Å². The third-order valence-electron chi connectivity index (χ3n) is 4.34. The Balaban J connectivity index is 1.61. The molecule has 1 saturated heterocycles. The van der Waals surface area contributed by atoms with Crippen LogP contribution in [0.3, 0.4) is 0 Å². The highest BCUT2D eigenvalue weighted by atomic mass is 16.6. The number of anilines is 1. The number of carbonyl (C=O) groups is 1. The molecule has 0 aliphatic carbocycles. The Morgan fingerprint density at radius 3 is 2.32 bits per heavy atom. The van der Waals surface area contributed by atoms with Crippen LogP contribution in [-0.2, 0) is 11.2 Å². The number of hydrogen-bond acceptors (Lipinski definition) is 5. The standard InChI is InChI=1S/C18H19N3O4/c22-15-7-5-14(6-8-15)13-18(23)20-11-9-19(10-12-20)16-3-1-2-4-17(16)21(24)25/h1-8,22H,9-13H2. The second kappa shape index (κ2) is 7.21. The van der Waals surface area contributed by atoms with Gasteiger partial charge in [0.05, 0.1) is 11.3 Å². The van der Waals surface area contributed by atoms with Crippen LogP contribution < -0.4 is 4.90 Å². The fourth-order valence-corrected chi connectivity index (χ4v) is 2.98. The number of benzene rings is 2. The van der Waals surface area contributed by atoms with Crippen molar-refractivity contribution in [1.29, 1.82) is 0 Å². The summed E-state index contributed by atoms with van der Waals surface area (Å²) in [5.74, 6) is 0.196. The number of phenols is 1. The van der Waals surface area contributed by atoms with E-state index < -0.39 is 0 Å². The number of nitro groups is 1. The first-order valence-electron chi connectivity index (χ1n) is 8.08. The molecule has 0 saturated carbocycles. The van der Waals surface area contributed by atoms with Gasteiger partial charge in [-0.1, -0.05) is 24.3 Å². The zero-order valence-electron chi connectivity index (χ0n) is 13.7. The Bertz CT molecular complexity index is 768. The first-order chi connectivity index (χ1) is 12.0. The lowest BCUT2D eigenvalue weighted by Gasteiger charge is -2.35. The highest BCUT2D eigenvalue weighted by molar-refractivity contribution is 5.79. The average Bonchev–Trinajstić information content (AvgIpc) is 2.63. The first-order valence-corrected chi connectivity index (χ1v) is 8.08. The minimum absolute atomic E-state index is 0.0212. The number of aromatic hydroxyl groups is 1. The van der Waals surface area contributed by atoms with Crippen LogP contribution in [0.4, 0.5) is 11.4 Å². The van der Waals surface area contributed by atoms with Gasteiger partial charge >= 0.3 is 0 Å². The average molecular weight is 341 g/mol. The summed E-state index contributed by atoms with van der Waals surface area (Å²) in [6, 6.07) is 13.3. The van der Waals surface area contributed by atoms with Gasteiger partial charge in [0.25, 0.3) is 5.69 Å². The fraction of sp³-hybridized carbons (Fsp3) is 0.278. The van der Waals surface area contributed by atoms with Gasteiger partial charge in [0.15, 0.2) is 0 Å². The maximum Gasteiger partial charge on any atom is 0.292 e. The molecule has 1 fully saturated rings. The molecule has 1 aliphatic rings. The molecule has 7 heteroatoms. The Morgan fingerprint density at radius 2 is 1.68 bits per heavy atom. The van der Waals surface area contributed by atoms with Crippen LogP contribution in [0.25, 0.3) is 0 Å². The first kappa shape index (κ1) is 16.8. The molecule has 0 bridgehead atoms. The monoisotopic (exact) mass is 341 g/mol. The van der Waals surface area contributed by atoms with Crippen molar-refractivity contribution in [2.45, 2.75) is 6.42 Å². The summed E-state index contributed by atoms with van der Waals surface area (Å²) in [6.07, 6.45) is 0.283. The Hall–Kier alpha value is -3.09. The van der Waals surface area contributed by atoms with Crippen molar-refractivity contribution >= 4 is 17.3 Å². The zero-order valence-corrected chi connectivity index (χ0v) is 13.7. The van der Waals surface area contributed by atoms with E-state index in [0.717, 1.165) is 5.56 Å². The minimum atomic E-state index is -0.377. The number of phenolic OH excluding ortho intramolecular Hbond substituents is 1. The molecule has 1 heterocycles. The predicted molar refractivity (Wildman–Crippen MR) is 93.7 cm³/mol. The van der Waals surface area contributed by atoms with E-state index in [1.165, 1.54) is 6.07 Å². The van der Waals surface area contributed by atoms with Crippen LogP contribution in [0.1, 0.15) is 5.56 Å². The van der Waals surface area contributed by atoms with Crippen molar-refractivity contribution in [3.8, 4) is 5.75 Å². The SMILES string of the molecule is O=C(Cc1ccc(O)cc1)N1CCN(c2ccccc2[N+](=O)[O-])CC1. The van der Waals surface area contributed by atoms with Crippen molar-refractivity contribution in [3.05, 3.63) is 64.2 Å². The van der Waals surface area contributed by atoms with Crippen LogP contribution in [0.5, 0.6) is 5.75 Å². The molecule has 130 valence electrons. The van der Waals surface area contributed by atoms with Gasteiger partial charge in [0.2, 0.25) is 5.91 Å². The topological polar surface area (TPSA) is 86.9 Å². The summed E-state index contributed by atoms with van der Waals surface area (Å²) in [6.45, 7) is 2.18. The highest BCUT2D eigenvalue weighted by Crippen LogP contribution is 2.28. The van der Waals surface area contributed by atoms with Gasteiger partial charge in [0, 0.05) is 32.2 Å². The molecule has 1 amide bonds. The quantitative estimate of drug-likeness (QED) is 0.680. The van der Waals surface area contributed by atoms with Crippen LogP contribution in [0.2, 0.25) is 0 Å². The van der Waals surface area contributed by atoms with E-state index in [-0.39, 0.29) is 28.7 Å². The second-order valence-corrected chi connectivity index (χ2v) is 5.96. The molecular weight excluding hydrogens is 322 g/mol. The molecule has 1 aliphatic heterocycles. The van der Waals surface area contributed by atoms with Crippen molar-refractivity contribution in [2.24, 2.45) is 0 Å². The molecule has 7 nitrogen and oxygen atoms in total. The normalized spacial score (nSPS) is 14.4. The number of piperazine rings is 1. The van der Waals surface area contributed by atoms with E-state index in [0.29, 0.717) is 31.9 Å². The largest absolute Gasteiger partial charge is 0.508 e. The molecule has 0 aromatic heterocycles. The number of amides is 1. The van der Waals surface area contributed by atoms with Crippen LogP contribution in [0.15, 0.2) is 48.5 Å². The maximum atomic E-state index is 12.4. The lowest BCUT2D eigenvalue weighted by atomic mass is 10.1. The Kier molecular flexibility index (Phi) is 4.83. The van der Waals surface area contributed by atoms with Crippen LogP contribution in [-0.4, -0.2) is 47.0 Å². The number of rotatable bonds is 4. The van der Waals surface area contributed by atoms with E-state index >= 15 is 0 Å². The summed E-state index contributed by atoms with van der Waals surface area (Å²) >= 11 is 0. The number of carbonyl (C=O) groups excluding carboxylic acids is 1. The van der Waals surface area contributed by atoms with Crippen LogP contribution in [0, 0.1) is 10.1 Å². The fourth-order valence-electron chi connectivity index (χ4n) is 2.98. The number of nitrogens with zero attached hydrogens (tertiary/aromatic N) is 3. The zero-order chi connectivity index (χ0) is 17.8. The van der Waals surface area contributed by atoms with Gasteiger partial charge in [-0.25, -0.2) is 0 Å². The number of para-hydroxylation sites is 2. The molecule has 25 heavy (non-hydrogen) atoms. The van der Waals surface area contributed by atoms with E-state index in [2.05, 4.69) is 0 Å². The predicted octanol–water partition coefficient (Wildman–Crippen LogP) is 2.19. The Labute approximate surface area is 145 Å². The number of hydrogen-bond donors (Lipinski definition) is 1. The van der Waals surface area contributed by atoms with E-state index in [9.17, 15) is 20.0 Å². The van der Waals surface area contributed by atoms with Gasteiger partial charge < -0.3 is 14.9 Å². The number of nitro benzene ring substituents is 1. The summed E-state index contributed by atoms with van der Waals surface area (Å²) in [4.78, 5) is 26.9. The molecule has 0 unspecified atom stereocenters. The second-order valence-electron chi connectivity index (χ2n) is 5.96. The summed E-state index contributed by atoms with van der Waals surface area (Å²) in [5.41, 5.74) is 1.54. The highest BCUT2D eigenvalue weighted by Gasteiger charge is 2.25. The van der Waals surface area contributed by atoms with Crippen molar-refractivity contribution in [1.82, 2.24) is 4.90 Å². The van der Waals surface area contributed by atoms with Gasteiger partial charge in [-0.15, -0.1) is 0 Å². The summed E-state index contributed by atoms with van der Waals surface area (Å²) < 4.78 is 0. The van der Waals surface area contributed by atoms with E-state index in [1.807, 2.05) is 4.90 Å². The summed E-state index contributed by atoms with van der Waals surface area (Å²) in [5, 5.41) is 20.5. The molecule has 2 aromatic rings. The van der Waals surface area contributed by atoms with Crippen molar-refractivity contribution in [2.75, 3.05) is 31.1 Å². The molecule has 0 spiro atoms. The molecule has 1 N–H and O–H groups in total.